The van der Waals surface area contributed by atoms with Crippen molar-refractivity contribution in [2.75, 3.05) is 32.8 Å². The summed E-state index contributed by atoms with van der Waals surface area (Å²) in [5, 5.41) is 2.71. The van der Waals surface area contributed by atoms with E-state index in [2.05, 4.69) is 5.32 Å². The van der Waals surface area contributed by atoms with E-state index >= 15 is 0 Å². The lowest BCUT2D eigenvalue weighted by Gasteiger charge is -2.43. The van der Waals surface area contributed by atoms with E-state index in [1.165, 1.54) is 0 Å². The van der Waals surface area contributed by atoms with Gasteiger partial charge in [-0.1, -0.05) is 30.3 Å². The fourth-order valence-corrected chi connectivity index (χ4v) is 4.17. The van der Waals surface area contributed by atoms with Gasteiger partial charge in [-0.05, 0) is 31.9 Å². The number of urea groups is 1. The quantitative estimate of drug-likeness (QED) is 0.721. The summed E-state index contributed by atoms with van der Waals surface area (Å²) >= 11 is 0. The molecule has 0 saturated carbocycles. The number of methoxy groups -OCH3 is 2. The van der Waals surface area contributed by atoms with E-state index in [4.69, 9.17) is 14.2 Å². The number of carbonyl (C=O) groups excluding carboxylic acids is 2. The Morgan fingerprint density at radius 2 is 1.78 bits per heavy atom. The topological polar surface area (TPSA) is 80.3 Å². The summed E-state index contributed by atoms with van der Waals surface area (Å²) in [6, 6.07) is 12.7. The van der Waals surface area contributed by atoms with Crippen LogP contribution < -0.4 is 19.7 Å². The van der Waals surface area contributed by atoms with Crippen LogP contribution in [0.1, 0.15) is 37.4 Å². The molecule has 172 valence electrons. The van der Waals surface area contributed by atoms with Crippen LogP contribution in [-0.2, 0) is 11.3 Å². The van der Waals surface area contributed by atoms with Crippen molar-refractivity contribution in [3.05, 3.63) is 53.6 Å². The largest absolute Gasteiger partial charge is 0.493 e. The van der Waals surface area contributed by atoms with Gasteiger partial charge in [-0.2, -0.15) is 0 Å². The highest BCUT2D eigenvalue weighted by molar-refractivity contribution is 5.94. The van der Waals surface area contributed by atoms with Gasteiger partial charge >= 0.3 is 12.1 Å². The highest BCUT2D eigenvalue weighted by Crippen LogP contribution is 2.46. The third-order valence-electron chi connectivity index (χ3n) is 5.66. The standard InChI is InChI=1S/C24H31N3O5/c1-6-32-24(29)26(15-17-10-8-7-9-11-17)19-12-16(2)27(23(28)25-3)20-14-22(31-5)21(30-4)13-18(19)20/h7-11,13-14,16,19H,6,12,15H2,1-5H3,(H,25,28). The second-order valence-electron chi connectivity index (χ2n) is 7.60. The van der Waals surface area contributed by atoms with Crippen LogP contribution in [-0.4, -0.2) is 50.9 Å². The number of nitrogens with one attached hydrogen (secondary N) is 1. The molecule has 0 radical (unpaired) electrons. The van der Waals surface area contributed by atoms with Crippen molar-refractivity contribution >= 4 is 17.8 Å². The molecule has 1 aliphatic rings. The molecule has 3 rings (SSSR count). The van der Waals surface area contributed by atoms with Crippen LogP contribution in [0.3, 0.4) is 0 Å². The molecule has 0 fully saturated rings. The van der Waals surface area contributed by atoms with Crippen molar-refractivity contribution in [3.63, 3.8) is 0 Å². The van der Waals surface area contributed by atoms with Crippen LogP contribution in [0.15, 0.2) is 42.5 Å². The molecule has 3 amide bonds. The molecule has 0 aliphatic carbocycles. The zero-order valence-corrected chi connectivity index (χ0v) is 19.3. The van der Waals surface area contributed by atoms with Gasteiger partial charge in [-0.25, -0.2) is 9.59 Å². The van der Waals surface area contributed by atoms with Crippen molar-refractivity contribution in [1.82, 2.24) is 10.2 Å². The van der Waals surface area contributed by atoms with Gasteiger partial charge in [0.15, 0.2) is 11.5 Å². The summed E-state index contributed by atoms with van der Waals surface area (Å²) in [7, 11) is 4.72. The Morgan fingerprint density at radius 1 is 1.12 bits per heavy atom. The summed E-state index contributed by atoms with van der Waals surface area (Å²) in [4.78, 5) is 29.2. The molecule has 0 saturated heterocycles. The number of anilines is 1. The van der Waals surface area contributed by atoms with E-state index in [9.17, 15) is 9.59 Å². The van der Waals surface area contributed by atoms with Crippen LogP contribution in [0.25, 0.3) is 0 Å². The first kappa shape index (κ1) is 23.2. The van der Waals surface area contributed by atoms with Crippen molar-refractivity contribution in [3.8, 4) is 11.5 Å². The molecule has 2 aromatic rings. The Bertz CT molecular complexity index is 950. The number of ether oxygens (including phenoxy) is 3. The molecular weight excluding hydrogens is 410 g/mol. The maximum Gasteiger partial charge on any atom is 0.410 e. The summed E-state index contributed by atoms with van der Waals surface area (Å²) in [6.07, 6.45) is 0.143. The predicted octanol–water partition coefficient (Wildman–Crippen LogP) is 4.34. The number of benzene rings is 2. The minimum Gasteiger partial charge on any atom is -0.493 e. The fourth-order valence-electron chi connectivity index (χ4n) is 4.17. The SMILES string of the molecule is CCOC(=O)N(Cc1ccccc1)C1CC(C)N(C(=O)NC)c2cc(OC)c(OC)cc21. The molecule has 0 aromatic heterocycles. The summed E-state index contributed by atoms with van der Waals surface area (Å²) in [5.74, 6) is 1.05. The monoisotopic (exact) mass is 441 g/mol. The molecular formula is C24H31N3O5. The van der Waals surface area contributed by atoms with Gasteiger partial charge in [0.25, 0.3) is 0 Å². The Hall–Kier alpha value is -3.42. The summed E-state index contributed by atoms with van der Waals surface area (Å²) < 4.78 is 16.4. The zero-order chi connectivity index (χ0) is 23.3. The number of carbonyl (C=O) groups is 2. The molecule has 1 heterocycles. The number of rotatable bonds is 6. The molecule has 32 heavy (non-hydrogen) atoms. The lowest BCUT2D eigenvalue weighted by atomic mass is 9.90. The van der Waals surface area contributed by atoms with Gasteiger partial charge in [0.2, 0.25) is 0 Å². The van der Waals surface area contributed by atoms with Gasteiger partial charge in [0.05, 0.1) is 32.6 Å². The molecule has 1 N–H and O–H groups in total. The Morgan fingerprint density at radius 3 is 2.38 bits per heavy atom. The maximum absolute atomic E-state index is 13.1. The maximum atomic E-state index is 13.1. The van der Waals surface area contributed by atoms with Crippen molar-refractivity contribution in [2.45, 2.75) is 38.9 Å². The second kappa shape index (κ2) is 10.3. The zero-order valence-electron chi connectivity index (χ0n) is 19.3. The van der Waals surface area contributed by atoms with E-state index < -0.39 is 6.09 Å². The summed E-state index contributed by atoms with van der Waals surface area (Å²) in [5.41, 5.74) is 2.46. The van der Waals surface area contributed by atoms with Gasteiger partial charge in [0, 0.05) is 31.3 Å². The average molecular weight is 442 g/mol. The second-order valence-corrected chi connectivity index (χ2v) is 7.60. The molecule has 2 aromatic carbocycles. The van der Waals surface area contributed by atoms with Crippen LogP contribution in [0.4, 0.5) is 15.3 Å². The highest BCUT2D eigenvalue weighted by Gasteiger charge is 2.39. The molecule has 0 spiro atoms. The van der Waals surface area contributed by atoms with Crippen molar-refractivity contribution in [1.29, 1.82) is 0 Å². The van der Waals surface area contributed by atoms with Crippen molar-refractivity contribution in [2.24, 2.45) is 0 Å². The minimum atomic E-state index is -0.400. The smallest absolute Gasteiger partial charge is 0.410 e. The van der Waals surface area contributed by atoms with Crippen molar-refractivity contribution < 1.29 is 23.8 Å². The first-order valence-electron chi connectivity index (χ1n) is 10.7. The normalized spacial score (nSPS) is 17.2. The molecule has 8 heteroatoms. The molecule has 2 unspecified atom stereocenters. The Balaban J connectivity index is 2.14. The minimum absolute atomic E-state index is 0.168. The first-order chi connectivity index (χ1) is 15.4. The molecule has 0 bridgehead atoms. The average Bonchev–Trinajstić information content (AvgIpc) is 2.81. The first-order valence-corrected chi connectivity index (χ1v) is 10.7. The number of hydrogen-bond donors (Lipinski definition) is 1. The van der Waals surface area contributed by atoms with E-state index in [0.29, 0.717) is 30.2 Å². The Kier molecular flexibility index (Phi) is 7.45. The van der Waals surface area contributed by atoms with Crippen LogP contribution in [0, 0.1) is 0 Å². The highest BCUT2D eigenvalue weighted by atomic mass is 16.6. The van der Waals surface area contributed by atoms with Gasteiger partial charge in [-0.15, -0.1) is 0 Å². The number of fused-ring (bicyclic) bond motifs is 1. The van der Waals surface area contributed by atoms with E-state index in [1.54, 1.807) is 44.1 Å². The molecule has 1 aliphatic heterocycles. The molecule has 8 nitrogen and oxygen atoms in total. The summed E-state index contributed by atoms with van der Waals surface area (Å²) in [6.45, 7) is 4.41. The lowest BCUT2D eigenvalue weighted by Crippen LogP contribution is -2.50. The Labute approximate surface area is 189 Å². The number of amides is 3. The molecule has 2 atom stereocenters. The van der Waals surface area contributed by atoms with E-state index in [-0.39, 0.29) is 24.7 Å². The third-order valence-corrected chi connectivity index (χ3v) is 5.66. The number of nitrogens with zero attached hydrogens (tertiary/aromatic N) is 2. The van der Waals surface area contributed by atoms with Gasteiger partial charge in [-0.3, -0.25) is 9.80 Å². The van der Waals surface area contributed by atoms with E-state index in [0.717, 1.165) is 11.1 Å². The predicted molar refractivity (Wildman–Crippen MR) is 122 cm³/mol. The third kappa shape index (κ3) is 4.59. The van der Waals surface area contributed by atoms with Gasteiger partial charge in [0.1, 0.15) is 0 Å². The number of hydrogen-bond acceptors (Lipinski definition) is 5. The van der Waals surface area contributed by atoms with Crippen LogP contribution in [0.2, 0.25) is 0 Å². The van der Waals surface area contributed by atoms with E-state index in [1.807, 2.05) is 43.3 Å². The van der Waals surface area contributed by atoms with Crippen LogP contribution >= 0.6 is 0 Å². The van der Waals surface area contributed by atoms with Gasteiger partial charge < -0.3 is 19.5 Å². The lowest BCUT2D eigenvalue weighted by molar-refractivity contribution is 0.0816. The fraction of sp³-hybridized carbons (Fsp3) is 0.417. The van der Waals surface area contributed by atoms with Crippen LogP contribution in [0.5, 0.6) is 11.5 Å².